The van der Waals surface area contributed by atoms with Crippen molar-refractivity contribution in [1.29, 1.82) is 0 Å². The SMILES string of the molecule is C.NC(O)(O)O. The van der Waals surface area contributed by atoms with Crippen LogP contribution in [0, 0.1) is 0 Å². The lowest BCUT2D eigenvalue weighted by atomic mass is 11.1. The molecule has 0 rings (SSSR count). The summed E-state index contributed by atoms with van der Waals surface area (Å²) in [5, 5.41) is 22.2. The third-order valence-corrected chi connectivity index (χ3v) is 0. The Balaban J connectivity index is 0. The molecule has 0 bridgehead atoms. The molecule has 0 heterocycles. The Morgan fingerprint density at radius 1 is 1.17 bits per heavy atom. The molecule has 0 aromatic rings. The second kappa shape index (κ2) is 2.09. The van der Waals surface area contributed by atoms with Gasteiger partial charge in [0.1, 0.15) is 0 Å². The lowest BCUT2D eigenvalue weighted by Crippen LogP contribution is -2.38. The van der Waals surface area contributed by atoms with Gasteiger partial charge >= 0.3 is 6.10 Å². The minimum absolute atomic E-state index is 0. The average molecular weight is 95.1 g/mol. The van der Waals surface area contributed by atoms with Crippen LogP contribution in [0.3, 0.4) is 0 Å². The second-order valence-corrected chi connectivity index (χ2v) is 0.687. The zero-order valence-corrected chi connectivity index (χ0v) is 2.42. The van der Waals surface area contributed by atoms with Crippen molar-refractivity contribution in [2.24, 2.45) is 5.73 Å². The highest BCUT2D eigenvalue weighted by molar-refractivity contribution is 4.16. The third-order valence-electron chi connectivity index (χ3n) is 0. The van der Waals surface area contributed by atoms with Gasteiger partial charge in [0, 0.05) is 0 Å². The first-order valence-electron chi connectivity index (χ1n) is 0.959. The van der Waals surface area contributed by atoms with Gasteiger partial charge in [-0.1, -0.05) is 7.43 Å². The van der Waals surface area contributed by atoms with Gasteiger partial charge in [0.05, 0.1) is 0 Å². The van der Waals surface area contributed by atoms with Gasteiger partial charge in [-0.15, -0.1) is 0 Å². The molecule has 6 heavy (non-hydrogen) atoms. The quantitative estimate of drug-likeness (QED) is 0.266. The number of nitrogens with two attached hydrogens (primary N) is 1. The number of hydrogen-bond acceptors (Lipinski definition) is 4. The predicted octanol–water partition coefficient (Wildman–Crippen LogP) is -1.83. The van der Waals surface area contributed by atoms with E-state index in [2.05, 4.69) is 5.73 Å². The molecule has 0 fully saturated rings. The number of hydrogen-bond donors (Lipinski definition) is 4. The fraction of sp³-hybridized carbons (Fsp3) is 1.00. The molecule has 0 aliphatic rings. The standard InChI is InChI=1S/CH5NO3.CH4/c2-1(3,4)5;/h3-5H,2H2;1H4. The van der Waals surface area contributed by atoms with Crippen molar-refractivity contribution in [3.05, 3.63) is 0 Å². The second-order valence-electron chi connectivity index (χ2n) is 0.687. The number of aliphatic hydroxyl groups is 3. The Labute approximate surface area is 35.8 Å². The van der Waals surface area contributed by atoms with Crippen LogP contribution in [-0.2, 0) is 0 Å². The monoisotopic (exact) mass is 95.1 g/mol. The molecule has 4 heteroatoms. The molecule has 0 amide bonds. The Kier molecular flexibility index (Phi) is 3.24. The Morgan fingerprint density at radius 3 is 1.17 bits per heavy atom. The van der Waals surface area contributed by atoms with Crippen molar-refractivity contribution in [2.75, 3.05) is 0 Å². The summed E-state index contributed by atoms with van der Waals surface area (Å²) < 4.78 is 0. The zero-order valence-electron chi connectivity index (χ0n) is 2.42. The Morgan fingerprint density at radius 2 is 1.17 bits per heavy atom. The Hall–Kier alpha value is -0.160. The summed E-state index contributed by atoms with van der Waals surface area (Å²) in [6.07, 6.45) is -3.00. The molecular formula is C2H9NO3. The van der Waals surface area contributed by atoms with E-state index >= 15 is 0 Å². The van der Waals surface area contributed by atoms with E-state index in [1.165, 1.54) is 0 Å². The topological polar surface area (TPSA) is 86.7 Å². The minimum atomic E-state index is -3.00. The van der Waals surface area contributed by atoms with Crippen molar-refractivity contribution >= 4 is 0 Å². The van der Waals surface area contributed by atoms with Crippen molar-refractivity contribution in [3.63, 3.8) is 0 Å². The van der Waals surface area contributed by atoms with Crippen LogP contribution in [0.15, 0.2) is 0 Å². The highest BCUT2D eigenvalue weighted by Gasteiger charge is 2.04. The smallest absolute Gasteiger partial charge is 0.330 e. The summed E-state index contributed by atoms with van der Waals surface area (Å²) in [5.74, 6) is 0. The number of rotatable bonds is 0. The average Bonchev–Trinajstić information content (AvgIpc) is 0.722. The molecule has 0 unspecified atom stereocenters. The lowest BCUT2D eigenvalue weighted by molar-refractivity contribution is -0.306. The van der Waals surface area contributed by atoms with Crippen molar-refractivity contribution in [2.45, 2.75) is 13.5 Å². The first kappa shape index (κ1) is 9.28. The molecule has 4 nitrogen and oxygen atoms in total. The molecule has 0 spiro atoms. The van der Waals surface area contributed by atoms with E-state index in [4.69, 9.17) is 15.3 Å². The van der Waals surface area contributed by atoms with Gasteiger partial charge in [-0.05, 0) is 0 Å². The molecule has 0 saturated heterocycles. The maximum Gasteiger partial charge on any atom is 0.340 e. The van der Waals surface area contributed by atoms with Crippen LogP contribution in [0.25, 0.3) is 0 Å². The van der Waals surface area contributed by atoms with E-state index in [0.29, 0.717) is 0 Å². The maximum absolute atomic E-state index is 7.41. The summed E-state index contributed by atoms with van der Waals surface area (Å²) in [6.45, 7) is 0. The van der Waals surface area contributed by atoms with Crippen LogP contribution >= 0.6 is 0 Å². The summed E-state index contributed by atoms with van der Waals surface area (Å²) in [6, 6.07) is 0. The van der Waals surface area contributed by atoms with Gasteiger partial charge < -0.3 is 15.3 Å². The lowest BCUT2D eigenvalue weighted by Gasteiger charge is -2.01. The minimum Gasteiger partial charge on any atom is -0.330 e. The van der Waals surface area contributed by atoms with Crippen LogP contribution in [0.4, 0.5) is 0 Å². The van der Waals surface area contributed by atoms with E-state index < -0.39 is 6.10 Å². The van der Waals surface area contributed by atoms with Gasteiger partial charge in [0.25, 0.3) is 0 Å². The molecule has 0 aromatic heterocycles. The summed E-state index contributed by atoms with van der Waals surface area (Å²) >= 11 is 0. The van der Waals surface area contributed by atoms with Crippen LogP contribution in [0.5, 0.6) is 0 Å². The summed E-state index contributed by atoms with van der Waals surface area (Å²) in [7, 11) is 0. The fourth-order valence-electron chi connectivity index (χ4n) is 0. The molecule has 0 radical (unpaired) electrons. The van der Waals surface area contributed by atoms with Crippen LogP contribution < -0.4 is 5.73 Å². The highest BCUT2D eigenvalue weighted by atomic mass is 16.7. The van der Waals surface area contributed by atoms with Gasteiger partial charge in [-0.2, -0.15) is 0 Å². The third kappa shape index (κ3) is 1210. The first-order chi connectivity index (χ1) is 2.00. The first-order valence-corrected chi connectivity index (χ1v) is 0.959. The summed E-state index contributed by atoms with van der Waals surface area (Å²) in [5.41, 5.74) is 4.02. The van der Waals surface area contributed by atoms with Gasteiger partial charge in [0.15, 0.2) is 0 Å². The summed E-state index contributed by atoms with van der Waals surface area (Å²) in [4.78, 5) is 0. The van der Waals surface area contributed by atoms with E-state index in [1.54, 1.807) is 0 Å². The van der Waals surface area contributed by atoms with Gasteiger partial charge in [-0.25, -0.2) is 0 Å². The molecule has 0 saturated carbocycles. The van der Waals surface area contributed by atoms with Crippen molar-refractivity contribution in [3.8, 4) is 0 Å². The Bertz CT molecular complexity index is 24.3. The molecule has 0 aliphatic heterocycles. The maximum atomic E-state index is 7.41. The molecule has 5 N–H and O–H groups in total. The van der Waals surface area contributed by atoms with E-state index in [-0.39, 0.29) is 7.43 Å². The molecule has 40 valence electrons. The largest absolute Gasteiger partial charge is 0.340 e. The predicted molar refractivity (Wildman–Crippen MR) is 20.3 cm³/mol. The molecule has 0 aliphatic carbocycles. The normalized spacial score (nSPS) is 10.0. The van der Waals surface area contributed by atoms with E-state index in [9.17, 15) is 0 Å². The fourth-order valence-corrected chi connectivity index (χ4v) is 0. The van der Waals surface area contributed by atoms with Gasteiger partial charge in [0.2, 0.25) is 0 Å². The molecule has 0 aromatic carbocycles. The van der Waals surface area contributed by atoms with Crippen LogP contribution in [0.1, 0.15) is 7.43 Å². The van der Waals surface area contributed by atoms with Crippen molar-refractivity contribution < 1.29 is 15.3 Å². The van der Waals surface area contributed by atoms with Gasteiger partial charge in [-0.3, -0.25) is 5.73 Å². The molecule has 0 atom stereocenters. The van der Waals surface area contributed by atoms with E-state index in [0.717, 1.165) is 0 Å². The van der Waals surface area contributed by atoms with Crippen LogP contribution in [-0.4, -0.2) is 21.4 Å². The molecular weight excluding hydrogens is 86.0 g/mol. The zero-order chi connectivity index (χ0) is 4.50. The van der Waals surface area contributed by atoms with E-state index in [1.807, 2.05) is 0 Å². The highest BCUT2D eigenvalue weighted by Crippen LogP contribution is 1.69. The van der Waals surface area contributed by atoms with Crippen molar-refractivity contribution in [1.82, 2.24) is 0 Å². The van der Waals surface area contributed by atoms with Crippen LogP contribution in [0.2, 0.25) is 0 Å².